The van der Waals surface area contributed by atoms with Gasteiger partial charge in [-0.05, 0) is 12.5 Å². The van der Waals surface area contributed by atoms with E-state index in [4.69, 9.17) is 5.73 Å². The fraction of sp³-hybridized carbons (Fsp3) is 0.286. The smallest absolute Gasteiger partial charge is 0.265 e. The molecule has 0 bridgehead atoms. The van der Waals surface area contributed by atoms with E-state index in [2.05, 4.69) is 20.6 Å². The van der Waals surface area contributed by atoms with Crippen LogP contribution in [0.5, 0.6) is 0 Å². The first kappa shape index (κ1) is 16.7. The molecule has 2 aromatic rings. The molecule has 2 rings (SSSR count). The van der Waals surface area contributed by atoms with Gasteiger partial charge in [-0.15, -0.1) is 11.3 Å². The lowest BCUT2D eigenvalue weighted by atomic mass is 10.2. The molecule has 0 spiro atoms. The molecule has 0 atom stereocenters. The Kier molecular flexibility index (Phi) is 5.47. The Morgan fingerprint density at radius 3 is 2.78 bits per heavy atom. The van der Waals surface area contributed by atoms with Crippen LogP contribution in [0.15, 0.2) is 17.6 Å². The van der Waals surface area contributed by atoms with Gasteiger partial charge in [0.1, 0.15) is 5.69 Å². The molecule has 0 saturated heterocycles. The fourth-order valence-electron chi connectivity index (χ4n) is 1.81. The van der Waals surface area contributed by atoms with E-state index in [1.54, 1.807) is 17.6 Å². The molecule has 0 aliphatic carbocycles. The van der Waals surface area contributed by atoms with Gasteiger partial charge in [0.25, 0.3) is 5.91 Å². The summed E-state index contributed by atoms with van der Waals surface area (Å²) in [5.74, 6) is -1.06. The molecule has 2 heterocycles. The summed E-state index contributed by atoms with van der Waals surface area (Å²) >= 11 is 1.25. The van der Waals surface area contributed by atoms with Crippen molar-refractivity contribution in [1.29, 1.82) is 0 Å². The summed E-state index contributed by atoms with van der Waals surface area (Å²) in [7, 11) is 0. The van der Waals surface area contributed by atoms with Crippen molar-refractivity contribution in [2.45, 2.75) is 19.8 Å². The summed E-state index contributed by atoms with van der Waals surface area (Å²) in [6.45, 7) is 1.80. The molecule has 0 aromatic carbocycles. The third-order valence-electron chi connectivity index (χ3n) is 2.92. The van der Waals surface area contributed by atoms with E-state index in [-0.39, 0.29) is 24.1 Å². The van der Waals surface area contributed by atoms with Crippen LogP contribution >= 0.6 is 11.3 Å². The summed E-state index contributed by atoms with van der Waals surface area (Å²) in [4.78, 5) is 41.1. The number of H-pyrrole nitrogens is 1. The summed E-state index contributed by atoms with van der Waals surface area (Å²) in [6.07, 6.45) is 2.74. The molecular formula is C14H17N5O3S. The number of hydrogen-bond donors (Lipinski definition) is 4. The van der Waals surface area contributed by atoms with Crippen molar-refractivity contribution in [3.8, 4) is 11.3 Å². The quantitative estimate of drug-likeness (QED) is 0.603. The summed E-state index contributed by atoms with van der Waals surface area (Å²) in [5, 5.41) is 7.30. The highest BCUT2D eigenvalue weighted by Gasteiger charge is 2.11. The second kappa shape index (κ2) is 7.54. The first-order valence-electron chi connectivity index (χ1n) is 7.00. The van der Waals surface area contributed by atoms with Crippen LogP contribution in [0.1, 0.15) is 30.3 Å². The zero-order valence-electron chi connectivity index (χ0n) is 12.5. The van der Waals surface area contributed by atoms with Gasteiger partial charge in [-0.2, -0.15) is 0 Å². The highest BCUT2D eigenvalue weighted by atomic mass is 32.1. The number of rotatable bonds is 7. The van der Waals surface area contributed by atoms with Crippen molar-refractivity contribution < 1.29 is 14.4 Å². The predicted molar refractivity (Wildman–Crippen MR) is 87.0 cm³/mol. The summed E-state index contributed by atoms with van der Waals surface area (Å²) < 4.78 is 0. The number of nitrogens with two attached hydrogens (primary N) is 1. The fourth-order valence-corrected chi connectivity index (χ4v) is 2.54. The molecule has 2 aromatic heterocycles. The zero-order chi connectivity index (χ0) is 16.8. The highest BCUT2D eigenvalue weighted by molar-refractivity contribution is 7.14. The van der Waals surface area contributed by atoms with E-state index >= 15 is 0 Å². The Bertz CT molecular complexity index is 722. The van der Waals surface area contributed by atoms with Crippen LogP contribution in [0, 0.1) is 0 Å². The molecule has 0 aliphatic heterocycles. The van der Waals surface area contributed by atoms with Crippen molar-refractivity contribution >= 4 is 34.2 Å². The Morgan fingerprint density at radius 2 is 2.13 bits per heavy atom. The van der Waals surface area contributed by atoms with Gasteiger partial charge in [0.15, 0.2) is 5.13 Å². The van der Waals surface area contributed by atoms with Crippen LogP contribution < -0.4 is 16.4 Å². The minimum absolute atomic E-state index is 0.0935. The molecule has 0 unspecified atom stereocenters. The third kappa shape index (κ3) is 4.65. The normalized spacial score (nSPS) is 10.3. The first-order chi connectivity index (χ1) is 11.0. The number of hydrogen-bond acceptors (Lipinski definition) is 5. The maximum Gasteiger partial charge on any atom is 0.265 e. The molecule has 0 fully saturated rings. The molecule has 0 saturated carbocycles. The van der Waals surface area contributed by atoms with Gasteiger partial charge in [-0.1, -0.05) is 6.92 Å². The average molecular weight is 335 g/mol. The SMILES string of the molecule is CCCC(=O)NCC(=O)Nc1nc(-c2c[nH]c(C(N)=O)c2)cs1. The third-order valence-corrected chi connectivity index (χ3v) is 3.68. The van der Waals surface area contributed by atoms with Crippen LogP contribution in [-0.4, -0.2) is 34.2 Å². The topological polar surface area (TPSA) is 130 Å². The second-order valence-corrected chi connectivity index (χ2v) is 5.64. The molecule has 0 aliphatic rings. The molecule has 0 radical (unpaired) electrons. The van der Waals surface area contributed by atoms with Crippen LogP contribution in [0.4, 0.5) is 5.13 Å². The van der Waals surface area contributed by atoms with Crippen molar-refractivity contribution in [1.82, 2.24) is 15.3 Å². The Balaban J connectivity index is 1.92. The van der Waals surface area contributed by atoms with Gasteiger partial charge in [0.2, 0.25) is 11.8 Å². The van der Waals surface area contributed by atoms with Gasteiger partial charge >= 0.3 is 0 Å². The van der Waals surface area contributed by atoms with Gasteiger partial charge in [-0.3, -0.25) is 14.4 Å². The van der Waals surface area contributed by atoms with Crippen LogP contribution in [0.25, 0.3) is 11.3 Å². The number of primary amides is 1. The molecule has 3 amide bonds. The maximum absolute atomic E-state index is 11.7. The monoisotopic (exact) mass is 335 g/mol. The number of carbonyl (C=O) groups excluding carboxylic acids is 3. The van der Waals surface area contributed by atoms with Crippen molar-refractivity contribution in [2.24, 2.45) is 5.73 Å². The van der Waals surface area contributed by atoms with Crippen LogP contribution in [0.3, 0.4) is 0 Å². The lowest BCUT2D eigenvalue weighted by molar-refractivity contribution is -0.124. The molecule has 23 heavy (non-hydrogen) atoms. The minimum Gasteiger partial charge on any atom is -0.364 e. The molecule has 9 heteroatoms. The number of anilines is 1. The van der Waals surface area contributed by atoms with E-state index in [0.29, 0.717) is 22.8 Å². The van der Waals surface area contributed by atoms with E-state index < -0.39 is 5.91 Å². The number of carbonyl (C=O) groups is 3. The van der Waals surface area contributed by atoms with E-state index in [1.807, 2.05) is 6.92 Å². The van der Waals surface area contributed by atoms with E-state index in [0.717, 1.165) is 6.42 Å². The first-order valence-corrected chi connectivity index (χ1v) is 7.88. The summed E-state index contributed by atoms with van der Waals surface area (Å²) in [5.41, 5.74) is 6.78. The van der Waals surface area contributed by atoms with Gasteiger partial charge in [0, 0.05) is 23.6 Å². The van der Waals surface area contributed by atoms with Crippen molar-refractivity contribution in [3.63, 3.8) is 0 Å². The number of aromatic amines is 1. The number of nitrogens with zero attached hydrogens (tertiary/aromatic N) is 1. The zero-order valence-corrected chi connectivity index (χ0v) is 13.3. The summed E-state index contributed by atoms with van der Waals surface area (Å²) in [6, 6.07) is 1.59. The number of amides is 3. The minimum atomic E-state index is -0.553. The Morgan fingerprint density at radius 1 is 1.35 bits per heavy atom. The molecule has 8 nitrogen and oxygen atoms in total. The van der Waals surface area contributed by atoms with Gasteiger partial charge in [-0.25, -0.2) is 4.98 Å². The average Bonchev–Trinajstić information content (AvgIpc) is 3.14. The molecule has 122 valence electrons. The number of aromatic nitrogens is 2. The Hall–Kier alpha value is -2.68. The Labute approximate surface area is 136 Å². The highest BCUT2D eigenvalue weighted by Crippen LogP contribution is 2.25. The van der Waals surface area contributed by atoms with Crippen LogP contribution in [0.2, 0.25) is 0 Å². The second-order valence-electron chi connectivity index (χ2n) is 4.78. The lowest BCUT2D eigenvalue weighted by Crippen LogP contribution is -2.32. The van der Waals surface area contributed by atoms with Crippen molar-refractivity contribution in [3.05, 3.63) is 23.3 Å². The largest absolute Gasteiger partial charge is 0.364 e. The maximum atomic E-state index is 11.7. The van der Waals surface area contributed by atoms with E-state index in [9.17, 15) is 14.4 Å². The van der Waals surface area contributed by atoms with E-state index in [1.165, 1.54) is 11.3 Å². The molecular weight excluding hydrogens is 318 g/mol. The molecule has 5 N–H and O–H groups in total. The van der Waals surface area contributed by atoms with Crippen LogP contribution in [-0.2, 0) is 9.59 Å². The lowest BCUT2D eigenvalue weighted by Gasteiger charge is -2.03. The van der Waals surface area contributed by atoms with Crippen molar-refractivity contribution in [2.75, 3.05) is 11.9 Å². The number of nitrogens with one attached hydrogen (secondary N) is 3. The number of thiazole rings is 1. The standard InChI is InChI=1S/C14H17N5O3S/c1-2-3-11(20)17-6-12(21)19-14-18-10(7-23-14)8-4-9(13(15)22)16-5-8/h4-5,7,16H,2-3,6H2,1H3,(H2,15,22)(H,17,20)(H,18,19,21). The predicted octanol–water partition coefficient (Wildman–Crippen LogP) is 1.09. The van der Waals surface area contributed by atoms with Gasteiger partial charge < -0.3 is 21.4 Å². The van der Waals surface area contributed by atoms with Gasteiger partial charge in [0.05, 0.1) is 12.2 Å².